The van der Waals surface area contributed by atoms with E-state index in [0.29, 0.717) is 27.7 Å². The number of nitrogens with one attached hydrogen (secondary N) is 1. The Labute approximate surface area is 165 Å². The Morgan fingerprint density at radius 1 is 1.37 bits per heavy atom. The van der Waals surface area contributed by atoms with E-state index in [1.807, 2.05) is 6.92 Å². The number of benzene rings is 1. The van der Waals surface area contributed by atoms with E-state index >= 15 is 0 Å². The highest BCUT2D eigenvalue weighted by atomic mass is 35.5. The molecule has 0 bridgehead atoms. The summed E-state index contributed by atoms with van der Waals surface area (Å²) in [5, 5.41) is 13.1. The molecule has 2 aromatic rings. The topological polar surface area (TPSA) is 76.5 Å². The van der Waals surface area contributed by atoms with Crippen LogP contribution in [0.15, 0.2) is 34.5 Å². The SMILES string of the molecule is CCOC(=O)C1=C(C)NC(c2nnc(CC)s2)=NC1c1ccc(F)cc1Cl. The zero-order valence-electron chi connectivity index (χ0n) is 15.0. The molecule has 3 rings (SSSR count). The van der Waals surface area contributed by atoms with Crippen LogP contribution in [0.1, 0.15) is 42.4 Å². The second-order valence-corrected chi connectivity index (χ2v) is 7.25. The van der Waals surface area contributed by atoms with Crippen molar-refractivity contribution in [3.8, 4) is 0 Å². The number of carbonyl (C=O) groups excluding carboxylic acids is 1. The molecule has 0 fully saturated rings. The second kappa shape index (κ2) is 8.14. The van der Waals surface area contributed by atoms with Crippen molar-refractivity contribution in [3.63, 3.8) is 0 Å². The summed E-state index contributed by atoms with van der Waals surface area (Å²) in [6.07, 6.45) is 0.765. The molecule has 0 saturated heterocycles. The molecule has 0 aliphatic carbocycles. The molecule has 0 spiro atoms. The minimum absolute atomic E-state index is 0.186. The monoisotopic (exact) mass is 408 g/mol. The number of halogens is 2. The van der Waals surface area contributed by atoms with Crippen molar-refractivity contribution in [1.29, 1.82) is 0 Å². The summed E-state index contributed by atoms with van der Waals surface area (Å²) in [4.78, 5) is 17.2. The summed E-state index contributed by atoms with van der Waals surface area (Å²) in [5.74, 6) is -0.470. The van der Waals surface area contributed by atoms with Crippen LogP contribution in [0.25, 0.3) is 0 Å². The van der Waals surface area contributed by atoms with E-state index in [0.717, 1.165) is 11.4 Å². The zero-order chi connectivity index (χ0) is 19.6. The third kappa shape index (κ3) is 4.01. The number of ether oxygens (including phenoxy) is 1. The molecule has 0 radical (unpaired) electrons. The third-order valence-corrected chi connectivity index (χ3v) is 5.37. The van der Waals surface area contributed by atoms with Gasteiger partial charge in [0.05, 0.1) is 12.2 Å². The number of rotatable bonds is 5. The largest absolute Gasteiger partial charge is 0.463 e. The molecule has 6 nitrogen and oxygen atoms in total. The van der Waals surface area contributed by atoms with Gasteiger partial charge in [0.2, 0.25) is 0 Å². The smallest absolute Gasteiger partial charge is 0.338 e. The lowest BCUT2D eigenvalue weighted by atomic mass is 9.96. The van der Waals surface area contributed by atoms with Gasteiger partial charge < -0.3 is 10.1 Å². The Morgan fingerprint density at radius 2 is 2.15 bits per heavy atom. The van der Waals surface area contributed by atoms with Crippen LogP contribution in [0.2, 0.25) is 5.02 Å². The van der Waals surface area contributed by atoms with E-state index in [1.54, 1.807) is 13.8 Å². The van der Waals surface area contributed by atoms with Crippen molar-refractivity contribution >= 4 is 34.7 Å². The van der Waals surface area contributed by atoms with Gasteiger partial charge in [-0.05, 0) is 32.4 Å². The molecule has 1 aromatic heterocycles. The van der Waals surface area contributed by atoms with E-state index in [9.17, 15) is 9.18 Å². The molecule has 1 aromatic carbocycles. The summed E-state index contributed by atoms with van der Waals surface area (Å²) < 4.78 is 18.7. The first kappa shape index (κ1) is 19.4. The van der Waals surface area contributed by atoms with Gasteiger partial charge in [0.25, 0.3) is 0 Å². The zero-order valence-corrected chi connectivity index (χ0v) is 16.6. The minimum atomic E-state index is -0.734. The molecule has 1 aliphatic rings. The summed E-state index contributed by atoms with van der Waals surface area (Å²) >= 11 is 7.67. The van der Waals surface area contributed by atoms with Gasteiger partial charge in [-0.2, -0.15) is 0 Å². The van der Waals surface area contributed by atoms with Crippen LogP contribution in [0.4, 0.5) is 4.39 Å². The first-order valence-corrected chi connectivity index (χ1v) is 9.64. The number of aliphatic imine (C=N–C) groups is 1. The number of aromatic nitrogens is 2. The van der Waals surface area contributed by atoms with Gasteiger partial charge in [-0.15, -0.1) is 10.2 Å². The summed E-state index contributed by atoms with van der Waals surface area (Å²) in [5.41, 5.74) is 1.42. The molecule has 1 atom stereocenters. The van der Waals surface area contributed by atoms with E-state index in [2.05, 4.69) is 20.5 Å². The fourth-order valence-electron chi connectivity index (χ4n) is 2.70. The molecule has 1 N–H and O–H groups in total. The highest BCUT2D eigenvalue weighted by molar-refractivity contribution is 7.13. The van der Waals surface area contributed by atoms with Crippen molar-refractivity contribution in [2.75, 3.05) is 6.61 Å². The Morgan fingerprint density at radius 3 is 2.78 bits per heavy atom. The quantitative estimate of drug-likeness (QED) is 0.761. The molecule has 2 heterocycles. The standard InChI is InChI=1S/C18H18ClFN4O2S/c1-4-13-23-24-17(27-13)16-21-9(3)14(18(25)26-5-2)15(22-16)11-7-6-10(20)8-12(11)19/h6-8,15H,4-5H2,1-3H3,(H,21,22). The number of carbonyl (C=O) groups is 1. The maximum absolute atomic E-state index is 13.5. The number of hydrogen-bond acceptors (Lipinski definition) is 7. The Hall–Kier alpha value is -2.32. The maximum atomic E-state index is 13.5. The molecule has 1 unspecified atom stereocenters. The predicted octanol–water partition coefficient (Wildman–Crippen LogP) is 3.82. The van der Waals surface area contributed by atoms with Gasteiger partial charge >= 0.3 is 5.97 Å². The average Bonchev–Trinajstić information content (AvgIpc) is 3.10. The summed E-state index contributed by atoms with van der Waals surface area (Å²) in [6.45, 7) is 5.71. The number of hydrogen-bond donors (Lipinski definition) is 1. The van der Waals surface area contributed by atoms with Crippen molar-refractivity contribution in [3.05, 3.63) is 55.9 Å². The van der Waals surface area contributed by atoms with E-state index in [1.165, 1.54) is 29.5 Å². The predicted molar refractivity (Wildman–Crippen MR) is 102 cm³/mol. The highest BCUT2D eigenvalue weighted by Gasteiger charge is 2.32. The van der Waals surface area contributed by atoms with Gasteiger partial charge in [-0.25, -0.2) is 9.18 Å². The molecule has 1 aliphatic heterocycles. The Bertz CT molecular complexity index is 941. The lowest BCUT2D eigenvalue weighted by molar-refractivity contribution is -0.138. The van der Waals surface area contributed by atoms with Crippen molar-refractivity contribution < 1.29 is 13.9 Å². The number of amidine groups is 1. The number of aryl methyl sites for hydroxylation is 1. The highest BCUT2D eigenvalue weighted by Crippen LogP contribution is 2.36. The van der Waals surface area contributed by atoms with Crippen LogP contribution < -0.4 is 5.32 Å². The number of allylic oxidation sites excluding steroid dienone is 1. The molecule has 27 heavy (non-hydrogen) atoms. The van der Waals surface area contributed by atoms with Crippen LogP contribution in [-0.4, -0.2) is 28.6 Å². The molecular weight excluding hydrogens is 391 g/mol. The van der Waals surface area contributed by atoms with Crippen LogP contribution in [0.5, 0.6) is 0 Å². The van der Waals surface area contributed by atoms with E-state index in [-0.39, 0.29) is 11.6 Å². The minimum Gasteiger partial charge on any atom is -0.463 e. The van der Waals surface area contributed by atoms with Gasteiger partial charge in [0.1, 0.15) is 16.9 Å². The lowest BCUT2D eigenvalue weighted by Gasteiger charge is -2.25. The van der Waals surface area contributed by atoms with E-state index < -0.39 is 17.8 Å². The third-order valence-electron chi connectivity index (χ3n) is 3.97. The van der Waals surface area contributed by atoms with Gasteiger partial charge in [-0.1, -0.05) is 35.9 Å². The Kier molecular flexibility index (Phi) is 5.86. The number of nitrogens with zero attached hydrogens (tertiary/aromatic N) is 3. The van der Waals surface area contributed by atoms with Crippen LogP contribution >= 0.6 is 22.9 Å². The van der Waals surface area contributed by atoms with Crippen molar-refractivity contribution in [2.24, 2.45) is 4.99 Å². The molecule has 0 saturated carbocycles. The van der Waals surface area contributed by atoms with Crippen molar-refractivity contribution in [1.82, 2.24) is 15.5 Å². The average molecular weight is 409 g/mol. The molecule has 9 heteroatoms. The number of esters is 1. The van der Waals surface area contributed by atoms with Gasteiger partial charge in [0, 0.05) is 16.3 Å². The molecule has 0 amide bonds. The fraction of sp³-hybridized carbons (Fsp3) is 0.333. The van der Waals surface area contributed by atoms with Crippen molar-refractivity contribution in [2.45, 2.75) is 33.2 Å². The van der Waals surface area contributed by atoms with Crippen LogP contribution in [0.3, 0.4) is 0 Å². The summed E-state index contributed by atoms with van der Waals surface area (Å²) in [6, 6.07) is 3.28. The first-order chi connectivity index (χ1) is 12.9. The van der Waals surface area contributed by atoms with Crippen LogP contribution in [0, 0.1) is 5.82 Å². The first-order valence-electron chi connectivity index (χ1n) is 8.45. The lowest BCUT2D eigenvalue weighted by Crippen LogP contribution is -2.32. The second-order valence-electron chi connectivity index (χ2n) is 5.78. The van der Waals surface area contributed by atoms with Gasteiger partial charge in [-0.3, -0.25) is 4.99 Å². The Balaban J connectivity index is 2.10. The van der Waals surface area contributed by atoms with E-state index in [4.69, 9.17) is 16.3 Å². The maximum Gasteiger partial charge on any atom is 0.338 e. The summed E-state index contributed by atoms with van der Waals surface area (Å²) in [7, 11) is 0. The van der Waals surface area contributed by atoms with Crippen LogP contribution in [-0.2, 0) is 16.0 Å². The van der Waals surface area contributed by atoms with Gasteiger partial charge in [0.15, 0.2) is 10.8 Å². The fourth-order valence-corrected chi connectivity index (χ4v) is 3.70. The molecular formula is C18H18ClFN4O2S. The molecule has 142 valence electrons. The normalized spacial score (nSPS) is 16.8.